The molecule has 0 aliphatic heterocycles. The molecule has 2 N–H and O–H groups in total. The fourth-order valence-corrected chi connectivity index (χ4v) is 4.63. The van der Waals surface area contributed by atoms with Crippen molar-refractivity contribution in [3.05, 3.63) is 45.9 Å². The number of guanidine groups is 1. The molecule has 0 aliphatic carbocycles. The normalized spacial score (nSPS) is 11.7. The average molecular weight is 522 g/mol. The summed E-state index contributed by atoms with van der Waals surface area (Å²) in [4.78, 5) is 10.3. The van der Waals surface area contributed by atoms with E-state index in [0.717, 1.165) is 23.7 Å². The minimum Gasteiger partial charge on any atom is -0.356 e. The molecule has 1 aromatic carbocycles. The van der Waals surface area contributed by atoms with Gasteiger partial charge in [0.15, 0.2) is 15.8 Å². The topological polar surface area (TPSA) is 83.5 Å². The fourth-order valence-electron chi connectivity index (χ4n) is 2.37. The summed E-state index contributed by atoms with van der Waals surface area (Å²) in [6.45, 7) is 5.37. The van der Waals surface area contributed by atoms with E-state index in [0.29, 0.717) is 23.8 Å². The maximum absolute atomic E-state index is 12.2. The van der Waals surface area contributed by atoms with Crippen LogP contribution in [0.1, 0.15) is 22.0 Å². The van der Waals surface area contributed by atoms with Gasteiger partial charge in [-0.25, -0.2) is 13.4 Å². The Hall–Kier alpha value is -1.20. The highest BCUT2D eigenvalue weighted by Gasteiger charge is 2.13. The van der Waals surface area contributed by atoms with Gasteiger partial charge in [-0.2, -0.15) is 0 Å². The molecule has 0 saturated carbocycles. The molecule has 27 heavy (non-hydrogen) atoms. The van der Waals surface area contributed by atoms with Crippen molar-refractivity contribution in [2.45, 2.75) is 31.6 Å². The van der Waals surface area contributed by atoms with Gasteiger partial charge in [0.2, 0.25) is 0 Å². The molecule has 0 unspecified atom stereocenters. The van der Waals surface area contributed by atoms with Crippen molar-refractivity contribution in [1.29, 1.82) is 0 Å². The molecule has 0 radical (unpaired) electrons. The Labute approximate surface area is 182 Å². The standard InChI is InChI=1S/C18H26N4O2S2.HI/c1-14-15(2)25-17(22-14)10-12-21-18(19-3)20-11-7-13-26(23,24)16-8-5-4-6-9-16;/h4-6,8-9H,7,10-13H2,1-3H3,(H2,19,20,21);1H. The van der Waals surface area contributed by atoms with Crippen molar-refractivity contribution < 1.29 is 8.42 Å². The molecule has 0 atom stereocenters. The molecular formula is C18H27IN4O2S2. The molecule has 9 heteroatoms. The van der Waals surface area contributed by atoms with Gasteiger partial charge in [0.05, 0.1) is 21.3 Å². The first kappa shape index (κ1) is 23.8. The number of nitrogens with one attached hydrogen (secondary N) is 2. The van der Waals surface area contributed by atoms with E-state index in [4.69, 9.17) is 0 Å². The number of rotatable bonds is 8. The zero-order valence-electron chi connectivity index (χ0n) is 15.9. The predicted octanol–water partition coefficient (Wildman–Crippen LogP) is 2.95. The molecule has 1 heterocycles. The summed E-state index contributed by atoms with van der Waals surface area (Å²) in [7, 11) is -1.52. The van der Waals surface area contributed by atoms with Crippen LogP contribution in [0.15, 0.2) is 40.2 Å². The molecule has 0 amide bonds. The lowest BCUT2D eigenvalue weighted by molar-refractivity contribution is 0.592. The van der Waals surface area contributed by atoms with Gasteiger partial charge in [0, 0.05) is 31.4 Å². The molecule has 2 rings (SSSR count). The second-order valence-corrected chi connectivity index (χ2v) is 9.31. The summed E-state index contributed by atoms with van der Waals surface area (Å²) in [5.41, 5.74) is 1.09. The zero-order chi connectivity index (χ0) is 19.0. The third kappa shape index (κ3) is 7.74. The van der Waals surface area contributed by atoms with E-state index in [2.05, 4.69) is 27.5 Å². The Kier molecular flexibility index (Phi) is 10.2. The van der Waals surface area contributed by atoms with Crippen LogP contribution in [-0.2, 0) is 16.3 Å². The number of halogens is 1. The molecule has 150 valence electrons. The Balaban J connectivity index is 0.00000364. The van der Waals surface area contributed by atoms with Gasteiger partial charge >= 0.3 is 0 Å². The van der Waals surface area contributed by atoms with Crippen molar-refractivity contribution in [3.63, 3.8) is 0 Å². The van der Waals surface area contributed by atoms with Crippen molar-refractivity contribution in [3.8, 4) is 0 Å². The number of thiazole rings is 1. The Bertz CT molecular complexity index is 817. The number of benzene rings is 1. The molecule has 0 aliphatic rings. The first-order chi connectivity index (χ1) is 12.4. The second kappa shape index (κ2) is 11.6. The number of aryl methyl sites for hydroxylation is 2. The number of aromatic nitrogens is 1. The van der Waals surface area contributed by atoms with E-state index in [1.54, 1.807) is 42.6 Å². The Morgan fingerprint density at radius 1 is 1.15 bits per heavy atom. The summed E-state index contributed by atoms with van der Waals surface area (Å²) in [6.07, 6.45) is 1.35. The lowest BCUT2D eigenvalue weighted by atomic mass is 10.4. The highest BCUT2D eigenvalue weighted by Crippen LogP contribution is 2.16. The maximum atomic E-state index is 12.2. The van der Waals surface area contributed by atoms with Crippen molar-refractivity contribution in [2.75, 3.05) is 25.9 Å². The highest BCUT2D eigenvalue weighted by atomic mass is 127. The Morgan fingerprint density at radius 2 is 1.81 bits per heavy atom. The van der Waals surface area contributed by atoms with Crippen LogP contribution < -0.4 is 10.6 Å². The van der Waals surface area contributed by atoms with Crippen LogP contribution in [0.25, 0.3) is 0 Å². The molecule has 0 fully saturated rings. The van der Waals surface area contributed by atoms with Gasteiger partial charge in [-0.1, -0.05) is 18.2 Å². The van der Waals surface area contributed by atoms with E-state index in [-0.39, 0.29) is 29.7 Å². The SMILES string of the molecule is CN=C(NCCCS(=O)(=O)c1ccccc1)NCCc1nc(C)c(C)s1.I. The van der Waals surface area contributed by atoms with E-state index in [9.17, 15) is 8.42 Å². The number of hydrogen-bond donors (Lipinski definition) is 2. The quantitative estimate of drug-likeness (QED) is 0.241. The van der Waals surface area contributed by atoms with Crippen LogP contribution in [0, 0.1) is 13.8 Å². The van der Waals surface area contributed by atoms with Gasteiger partial charge in [0.25, 0.3) is 0 Å². The number of nitrogens with zero attached hydrogens (tertiary/aromatic N) is 2. The van der Waals surface area contributed by atoms with Gasteiger partial charge in [-0.05, 0) is 32.4 Å². The van der Waals surface area contributed by atoms with Crippen LogP contribution in [-0.4, -0.2) is 45.3 Å². The molecule has 0 spiro atoms. The summed E-state index contributed by atoms with van der Waals surface area (Å²) in [5, 5.41) is 7.49. The van der Waals surface area contributed by atoms with Crippen LogP contribution in [0.3, 0.4) is 0 Å². The van der Waals surface area contributed by atoms with Gasteiger partial charge in [-0.3, -0.25) is 4.99 Å². The second-order valence-electron chi connectivity index (χ2n) is 5.91. The first-order valence-electron chi connectivity index (χ1n) is 8.57. The van der Waals surface area contributed by atoms with Crippen LogP contribution in [0.4, 0.5) is 0 Å². The molecule has 1 aromatic heterocycles. The van der Waals surface area contributed by atoms with Crippen LogP contribution >= 0.6 is 35.3 Å². The number of aliphatic imine (C=N–C) groups is 1. The smallest absolute Gasteiger partial charge is 0.190 e. The summed E-state index contributed by atoms with van der Waals surface area (Å²) in [5.74, 6) is 0.783. The van der Waals surface area contributed by atoms with E-state index >= 15 is 0 Å². The largest absolute Gasteiger partial charge is 0.356 e. The summed E-state index contributed by atoms with van der Waals surface area (Å²) >= 11 is 1.72. The lowest BCUT2D eigenvalue weighted by Gasteiger charge is -2.11. The maximum Gasteiger partial charge on any atom is 0.190 e. The fraction of sp³-hybridized carbons (Fsp3) is 0.444. The van der Waals surface area contributed by atoms with Crippen LogP contribution in [0.2, 0.25) is 0 Å². The zero-order valence-corrected chi connectivity index (χ0v) is 19.8. The van der Waals surface area contributed by atoms with Crippen LogP contribution in [0.5, 0.6) is 0 Å². The molecule has 2 aromatic rings. The van der Waals surface area contributed by atoms with E-state index < -0.39 is 9.84 Å². The molecule has 6 nitrogen and oxygen atoms in total. The first-order valence-corrected chi connectivity index (χ1v) is 11.0. The summed E-state index contributed by atoms with van der Waals surface area (Å²) < 4.78 is 24.5. The average Bonchev–Trinajstić information content (AvgIpc) is 2.95. The minimum atomic E-state index is -3.23. The number of hydrogen-bond acceptors (Lipinski definition) is 5. The van der Waals surface area contributed by atoms with Gasteiger partial charge in [0.1, 0.15) is 0 Å². The van der Waals surface area contributed by atoms with E-state index in [1.807, 2.05) is 13.0 Å². The Morgan fingerprint density at radius 3 is 2.41 bits per heavy atom. The third-order valence-corrected chi connectivity index (χ3v) is 6.86. The van der Waals surface area contributed by atoms with E-state index in [1.165, 1.54) is 4.88 Å². The van der Waals surface area contributed by atoms with Gasteiger partial charge < -0.3 is 10.6 Å². The predicted molar refractivity (Wildman–Crippen MR) is 123 cm³/mol. The minimum absolute atomic E-state index is 0. The highest BCUT2D eigenvalue weighted by molar-refractivity contribution is 14.0. The molecular weight excluding hydrogens is 495 g/mol. The lowest BCUT2D eigenvalue weighted by Crippen LogP contribution is -2.39. The third-order valence-electron chi connectivity index (χ3n) is 3.91. The molecule has 0 bridgehead atoms. The molecule has 0 saturated heterocycles. The van der Waals surface area contributed by atoms with Crippen molar-refractivity contribution in [1.82, 2.24) is 15.6 Å². The summed E-state index contributed by atoms with van der Waals surface area (Å²) in [6, 6.07) is 8.55. The monoisotopic (exact) mass is 522 g/mol. The number of sulfone groups is 1. The van der Waals surface area contributed by atoms with Crippen molar-refractivity contribution >= 4 is 51.1 Å². The van der Waals surface area contributed by atoms with Gasteiger partial charge in [-0.15, -0.1) is 35.3 Å². The van der Waals surface area contributed by atoms with Crippen molar-refractivity contribution in [2.24, 2.45) is 4.99 Å².